The number of benzene rings is 3. The zero-order valence-corrected chi connectivity index (χ0v) is 19.0. The molecule has 1 aliphatic heterocycles. The fourth-order valence-electron chi connectivity index (χ4n) is 3.73. The highest BCUT2D eigenvalue weighted by molar-refractivity contribution is 7.80. The average Bonchev–Trinajstić information content (AvgIpc) is 3.34. The molecule has 5 nitrogen and oxygen atoms in total. The Balaban J connectivity index is 1.44. The van der Waals surface area contributed by atoms with Gasteiger partial charge in [-0.2, -0.15) is 0 Å². The van der Waals surface area contributed by atoms with E-state index in [1.807, 2.05) is 72.8 Å². The zero-order valence-electron chi connectivity index (χ0n) is 18.2. The number of hydrogen-bond acceptors (Lipinski definition) is 4. The predicted octanol–water partition coefficient (Wildman–Crippen LogP) is 5.87. The summed E-state index contributed by atoms with van der Waals surface area (Å²) in [7, 11) is 1.69. The van der Waals surface area contributed by atoms with Crippen LogP contribution >= 0.6 is 12.2 Å². The maximum Gasteiger partial charge on any atom is 0.173 e. The second-order valence-electron chi connectivity index (χ2n) is 7.70. The number of thiocarbonyl (C=S) groups is 1. The van der Waals surface area contributed by atoms with Crippen molar-refractivity contribution >= 4 is 23.0 Å². The van der Waals surface area contributed by atoms with Crippen LogP contribution in [0.4, 0.5) is 5.69 Å². The minimum absolute atomic E-state index is 0.186. The van der Waals surface area contributed by atoms with Gasteiger partial charge in [-0.1, -0.05) is 36.4 Å². The third-order valence-electron chi connectivity index (χ3n) is 5.37. The Kier molecular flexibility index (Phi) is 7.59. The van der Waals surface area contributed by atoms with Gasteiger partial charge in [-0.05, 0) is 67.5 Å². The van der Waals surface area contributed by atoms with Gasteiger partial charge in [0, 0.05) is 30.9 Å². The molecule has 1 unspecified atom stereocenters. The monoisotopic (exact) mass is 448 g/mol. The van der Waals surface area contributed by atoms with Gasteiger partial charge in [-0.15, -0.1) is 0 Å². The summed E-state index contributed by atoms with van der Waals surface area (Å²) < 4.78 is 17.3. The molecule has 1 fully saturated rings. The normalized spacial score (nSPS) is 15.2. The molecule has 0 radical (unpaired) electrons. The van der Waals surface area contributed by atoms with E-state index in [-0.39, 0.29) is 6.10 Å². The minimum Gasteiger partial charge on any atom is -0.496 e. The Morgan fingerprint density at radius 1 is 1.00 bits per heavy atom. The Morgan fingerprint density at radius 3 is 2.44 bits per heavy atom. The number of methoxy groups -OCH3 is 1. The lowest BCUT2D eigenvalue weighted by Gasteiger charge is -2.29. The van der Waals surface area contributed by atoms with Gasteiger partial charge < -0.3 is 24.4 Å². The number of ether oxygens (including phenoxy) is 3. The van der Waals surface area contributed by atoms with E-state index < -0.39 is 0 Å². The highest BCUT2D eigenvalue weighted by Crippen LogP contribution is 2.24. The van der Waals surface area contributed by atoms with E-state index in [1.165, 1.54) is 0 Å². The number of hydrogen-bond donors (Lipinski definition) is 1. The molecule has 1 atom stereocenters. The molecule has 1 saturated heterocycles. The smallest absolute Gasteiger partial charge is 0.173 e. The van der Waals surface area contributed by atoms with Crippen molar-refractivity contribution in [1.82, 2.24) is 4.90 Å². The van der Waals surface area contributed by atoms with Crippen molar-refractivity contribution in [1.29, 1.82) is 0 Å². The molecular formula is C26H28N2O3S. The first kappa shape index (κ1) is 22.1. The Morgan fingerprint density at radius 2 is 1.72 bits per heavy atom. The molecule has 1 N–H and O–H groups in total. The van der Waals surface area contributed by atoms with Crippen LogP contribution in [-0.4, -0.2) is 36.4 Å². The summed E-state index contributed by atoms with van der Waals surface area (Å²) in [5.41, 5.74) is 2.00. The van der Waals surface area contributed by atoms with Gasteiger partial charge in [0.15, 0.2) is 5.11 Å². The minimum atomic E-state index is 0.186. The second-order valence-corrected chi connectivity index (χ2v) is 8.08. The van der Waals surface area contributed by atoms with Crippen molar-refractivity contribution in [2.24, 2.45) is 0 Å². The third kappa shape index (κ3) is 5.99. The fraction of sp³-hybridized carbons (Fsp3) is 0.269. The largest absolute Gasteiger partial charge is 0.496 e. The quantitative estimate of drug-likeness (QED) is 0.435. The Labute approximate surface area is 194 Å². The highest BCUT2D eigenvalue weighted by atomic mass is 32.1. The molecule has 0 saturated carbocycles. The first-order valence-corrected chi connectivity index (χ1v) is 11.2. The Hall–Kier alpha value is -3.09. The van der Waals surface area contributed by atoms with Crippen LogP contribution in [0.1, 0.15) is 18.4 Å². The van der Waals surface area contributed by atoms with Crippen LogP contribution in [0.15, 0.2) is 78.9 Å². The van der Waals surface area contributed by atoms with Crippen LogP contribution in [-0.2, 0) is 11.3 Å². The van der Waals surface area contributed by atoms with Crippen LogP contribution in [0.3, 0.4) is 0 Å². The molecule has 3 aromatic carbocycles. The lowest BCUT2D eigenvalue weighted by atomic mass is 10.1. The molecule has 3 aromatic rings. The second kappa shape index (κ2) is 11.0. The van der Waals surface area contributed by atoms with Crippen LogP contribution in [0.2, 0.25) is 0 Å². The first-order chi connectivity index (χ1) is 15.7. The van der Waals surface area contributed by atoms with E-state index in [0.717, 1.165) is 54.5 Å². The summed E-state index contributed by atoms with van der Waals surface area (Å²) in [5, 5.41) is 4.03. The van der Waals surface area contributed by atoms with Crippen molar-refractivity contribution in [2.75, 3.05) is 25.6 Å². The number of para-hydroxylation sites is 2. The van der Waals surface area contributed by atoms with Gasteiger partial charge >= 0.3 is 0 Å². The third-order valence-corrected chi connectivity index (χ3v) is 5.73. The molecule has 1 aliphatic rings. The molecule has 0 aliphatic carbocycles. The summed E-state index contributed by atoms with van der Waals surface area (Å²) in [5.74, 6) is 2.44. The SMILES string of the molecule is COc1ccccc1CN(CC1CCCO1)C(=S)Nc1ccc(Oc2ccccc2)cc1. The maximum atomic E-state index is 5.88. The van der Waals surface area contributed by atoms with Crippen molar-refractivity contribution in [3.05, 3.63) is 84.4 Å². The van der Waals surface area contributed by atoms with E-state index in [0.29, 0.717) is 11.7 Å². The van der Waals surface area contributed by atoms with Crippen molar-refractivity contribution < 1.29 is 14.2 Å². The van der Waals surface area contributed by atoms with Crippen LogP contribution in [0.5, 0.6) is 17.2 Å². The number of rotatable bonds is 8. The number of nitrogens with zero attached hydrogens (tertiary/aromatic N) is 1. The van der Waals surface area contributed by atoms with E-state index in [9.17, 15) is 0 Å². The average molecular weight is 449 g/mol. The molecule has 0 aromatic heterocycles. The fourth-order valence-corrected chi connectivity index (χ4v) is 3.98. The topological polar surface area (TPSA) is 43.0 Å². The standard InChI is InChI=1S/C26H28N2O3S/c1-29-25-12-6-5-8-20(25)18-28(19-24-11-7-17-30-24)26(32)27-21-13-15-23(16-14-21)31-22-9-3-2-4-10-22/h2-6,8-10,12-16,24H,7,11,17-19H2,1H3,(H,27,32). The molecule has 0 bridgehead atoms. The van der Waals surface area contributed by atoms with Crippen LogP contribution < -0.4 is 14.8 Å². The van der Waals surface area contributed by atoms with Gasteiger partial charge in [0.25, 0.3) is 0 Å². The van der Waals surface area contributed by atoms with E-state index in [4.69, 9.17) is 26.4 Å². The van der Waals surface area contributed by atoms with Gasteiger partial charge in [0.1, 0.15) is 17.2 Å². The molecule has 0 amide bonds. The van der Waals surface area contributed by atoms with E-state index in [1.54, 1.807) is 7.11 Å². The predicted molar refractivity (Wildman–Crippen MR) is 132 cm³/mol. The lowest BCUT2D eigenvalue weighted by molar-refractivity contribution is 0.0903. The summed E-state index contributed by atoms with van der Waals surface area (Å²) in [6.07, 6.45) is 2.33. The van der Waals surface area contributed by atoms with Crippen LogP contribution in [0, 0.1) is 0 Å². The molecule has 6 heteroatoms. The molecular weight excluding hydrogens is 420 g/mol. The summed E-state index contributed by atoms with van der Waals surface area (Å²) in [6, 6.07) is 25.6. The first-order valence-electron chi connectivity index (χ1n) is 10.8. The van der Waals surface area contributed by atoms with Gasteiger partial charge in [-0.3, -0.25) is 0 Å². The zero-order chi connectivity index (χ0) is 22.2. The van der Waals surface area contributed by atoms with E-state index in [2.05, 4.69) is 16.3 Å². The van der Waals surface area contributed by atoms with Crippen molar-refractivity contribution in [2.45, 2.75) is 25.5 Å². The lowest BCUT2D eigenvalue weighted by Crippen LogP contribution is -2.39. The summed E-state index contributed by atoms with van der Waals surface area (Å²) >= 11 is 5.80. The van der Waals surface area contributed by atoms with E-state index >= 15 is 0 Å². The maximum absolute atomic E-state index is 5.88. The highest BCUT2D eigenvalue weighted by Gasteiger charge is 2.22. The van der Waals surface area contributed by atoms with Crippen LogP contribution in [0.25, 0.3) is 0 Å². The number of nitrogens with one attached hydrogen (secondary N) is 1. The molecule has 4 rings (SSSR count). The van der Waals surface area contributed by atoms with Crippen molar-refractivity contribution in [3.63, 3.8) is 0 Å². The Bertz CT molecular complexity index is 1010. The van der Waals surface area contributed by atoms with Gasteiger partial charge in [-0.25, -0.2) is 0 Å². The van der Waals surface area contributed by atoms with Gasteiger partial charge in [0.05, 0.1) is 13.2 Å². The molecule has 166 valence electrons. The molecule has 1 heterocycles. The number of anilines is 1. The van der Waals surface area contributed by atoms with Crippen molar-refractivity contribution in [3.8, 4) is 17.2 Å². The summed E-state index contributed by atoms with van der Waals surface area (Å²) in [6.45, 7) is 2.19. The van der Waals surface area contributed by atoms with Gasteiger partial charge in [0.2, 0.25) is 0 Å². The molecule has 0 spiro atoms. The molecule has 32 heavy (non-hydrogen) atoms. The summed E-state index contributed by atoms with van der Waals surface area (Å²) in [4.78, 5) is 2.15.